The molecule has 2 aromatic rings. The van der Waals surface area contributed by atoms with Gasteiger partial charge in [-0.3, -0.25) is 14.4 Å². The van der Waals surface area contributed by atoms with Gasteiger partial charge in [-0.25, -0.2) is 0 Å². The Morgan fingerprint density at radius 3 is 2.67 bits per heavy atom. The molecule has 0 atom stereocenters. The highest BCUT2D eigenvalue weighted by Gasteiger charge is 2.22. The third-order valence-electron chi connectivity index (χ3n) is 4.63. The van der Waals surface area contributed by atoms with Gasteiger partial charge < -0.3 is 15.0 Å². The third-order valence-corrected chi connectivity index (χ3v) is 6.30. The van der Waals surface area contributed by atoms with Crippen LogP contribution in [0.25, 0.3) is 10.1 Å². The van der Waals surface area contributed by atoms with Crippen LogP contribution in [0.2, 0.25) is 5.02 Å². The van der Waals surface area contributed by atoms with Crippen LogP contribution >= 0.6 is 22.9 Å². The van der Waals surface area contributed by atoms with Crippen LogP contribution in [0.15, 0.2) is 24.3 Å². The largest absolute Gasteiger partial charge is 0.454 e. The summed E-state index contributed by atoms with van der Waals surface area (Å²) < 4.78 is 5.88. The molecule has 0 saturated carbocycles. The summed E-state index contributed by atoms with van der Waals surface area (Å²) >= 11 is 7.51. The number of ether oxygens (including phenoxy) is 1. The molecule has 6 nitrogen and oxygen atoms in total. The summed E-state index contributed by atoms with van der Waals surface area (Å²) in [4.78, 5) is 38.2. The lowest BCUT2D eigenvalue weighted by molar-refractivity contribution is -0.151. The van der Waals surface area contributed by atoms with Crippen molar-refractivity contribution in [1.29, 1.82) is 0 Å². The van der Waals surface area contributed by atoms with Crippen molar-refractivity contribution in [3.05, 3.63) is 34.2 Å². The van der Waals surface area contributed by atoms with Gasteiger partial charge in [-0.2, -0.15) is 0 Å². The molecule has 1 N–H and O–H groups in total. The Morgan fingerprint density at radius 1 is 1.26 bits per heavy atom. The third kappa shape index (κ3) is 4.78. The number of carbonyl (C=O) groups is 3. The van der Waals surface area contributed by atoms with Crippen LogP contribution < -0.4 is 5.32 Å². The predicted molar refractivity (Wildman–Crippen MR) is 105 cm³/mol. The van der Waals surface area contributed by atoms with Gasteiger partial charge in [0.2, 0.25) is 0 Å². The number of nitrogens with one attached hydrogen (secondary N) is 1. The molecule has 2 heterocycles. The molecule has 1 aromatic heterocycles. The van der Waals surface area contributed by atoms with E-state index in [0.29, 0.717) is 28.9 Å². The molecule has 3 rings (SSSR count). The molecule has 1 aliphatic heterocycles. The monoisotopic (exact) mass is 408 g/mol. The number of rotatable bonds is 5. The van der Waals surface area contributed by atoms with E-state index in [4.69, 9.17) is 16.3 Å². The zero-order chi connectivity index (χ0) is 19.4. The van der Waals surface area contributed by atoms with E-state index >= 15 is 0 Å². The van der Waals surface area contributed by atoms with E-state index in [1.54, 1.807) is 4.90 Å². The molecule has 1 aromatic carbocycles. The van der Waals surface area contributed by atoms with Crippen molar-refractivity contribution < 1.29 is 19.1 Å². The van der Waals surface area contributed by atoms with E-state index in [0.717, 1.165) is 22.9 Å². The van der Waals surface area contributed by atoms with Crippen LogP contribution in [0.5, 0.6) is 0 Å². The molecule has 8 heteroatoms. The number of nitrogens with zero attached hydrogens (tertiary/aromatic N) is 1. The fourth-order valence-electron chi connectivity index (χ4n) is 2.94. The van der Waals surface area contributed by atoms with Crippen LogP contribution in [-0.4, -0.2) is 48.9 Å². The van der Waals surface area contributed by atoms with Crippen molar-refractivity contribution in [2.75, 3.05) is 26.2 Å². The molecule has 1 fully saturated rings. The molecule has 27 heavy (non-hydrogen) atoms. The van der Waals surface area contributed by atoms with E-state index < -0.39 is 11.9 Å². The van der Waals surface area contributed by atoms with E-state index in [1.165, 1.54) is 11.3 Å². The highest BCUT2D eigenvalue weighted by atomic mass is 35.5. The first-order chi connectivity index (χ1) is 13.0. The fraction of sp³-hybridized carbons (Fsp3) is 0.421. The van der Waals surface area contributed by atoms with Crippen molar-refractivity contribution in [2.45, 2.75) is 19.8 Å². The number of thiophene rings is 1. The van der Waals surface area contributed by atoms with Crippen LogP contribution in [0.4, 0.5) is 0 Å². The highest BCUT2D eigenvalue weighted by molar-refractivity contribution is 7.21. The van der Waals surface area contributed by atoms with Gasteiger partial charge in [0, 0.05) is 23.2 Å². The average Bonchev–Trinajstić information content (AvgIpc) is 3.02. The average molecular weight is 409 g/mol. The normalized spacial score (nSPS) is 15.0. The zero-order valence-corrected chi connectivity index (χ0v) is 16.6. The highest BCUT2D eigenvalue weighted by Crippen LogP contribution is 2.34. The Kier molecular flexibility index (Phi) is 6.34. The van der Waals surface area contributed by atoms with Gasteiger partial charge in [-0.1, -0.05) is 36.7 Å². The van der Waals surface area contributed by atoms with E-state index in [-0.39, 0.29) is 19.1 Å². The minimum absolute atomic E-state index is 0.200. The summed E-state index contributed by atoms with van der Waals surface area (Å²) in [6.07, 6.45) is 1.93. The van der Waals surface area contributed by atoms with E-state index in [9.17, 15) is 14.4 Å². The molecule has 1 saturated heterocycles. The number of esters is 1. The zero-order valence-electron chi connectivity index (χ0n) is 15.0. The van der Waals surface area contributed by atoms with E-state index in [1.807, 2.05) is 24.3 Å². The molecule has 0 unspecified atom stereocenters. The second kappa shape index (κ2) is 8.71. The van der Waals surface area contributed by atoms with Gasteiger partial charge in [-0.15, -0.1) is 11.3 Å². The Hall–Kier alpha value is -2.12. The first kappa shape index (κ1) is 19.6. The number of amides is 2. The van der Waals surface area contributed by atoms with Crippen LogP contribution in [0.1, 0.15) is 29.4 Å². The Bertz CT molecular complexity index is 859. The molecular formula is C19H21ClN2O4S. The molecule has 144 valence electrons. The van der Waals surface area contributed by atoms with E-state index in [2.05, 4.69) is 12.2 Å². The van der Waals surface area contributed by atoms with Crippen LogP contribution in [0, 0.1) is 5.92 Å². The minimum Gasteiger partial charge on any atom is -0.454 e. The summed E-state index contributed by atoms with van der Waals surface area (Å²) in [6.45, 7) is 2.94. The number of hydrogen-bond donors (Lipinski definition) is 1. The SMILES string of the molecule is CC1CCN(C(=O)COC(=O)CNC(=O)c2sc3ccccc3c2Cl)CC1. The van der Waals surface area contributed by atoms with Gasteiger partial charge in [0.25, 0.3) is 11.8 Å². The molecule has 0 radical (unpaired) electrons. The van der Waals surface area contributed by atoms with Crippen molar-refractivity contribution in [3.8, 4) is 0 Å². The lowest BCUT2D eigenvalue weighted by Crippen LogP contribution is -2.41. The van der Waals surface area contributed by atoms with Gasteiger partial charge in [0.1, 0.15) is 11.4 Å². The lowest BCUT2D eigenvalue weighted by atomic mass is 9.99. The Balaban J connectivity index is 1.46. The van der Waals surface area contributed by atoms with Crippen molar-refractivity contribution >= 4 is 50.8 Å². The second-order valence-corrected chi connectivity index (χ2v) is 8.08. The standard InChI is InChI=1S/C19H21ClN2O4S/c1-12-6-8-22(9-7-12)15(23)11-26-16(24)10-21-19(25)18-17(20)13-4-2-3-5-14(13)27-18/h2-5,12H,6-11H2,1H3,(H,21,25). The van der Waals surface area contributed by atoms with Crippen LogP contribution in [-0.2, 0) is 14.3 Å². The number of likely N-dealkylation sites (tertiary alicyclic amines) is 1. The van der Waals surface area contributed by atoms with Gasteiger partial charge in [0.15, 0.2) is 6.61 Å². The first-order valence-electron chi connectivity index (χ1n) is 8.84. The molecule has 0 aliphatic carbocycles. The molecular weight excluding hydrogens is 388 g/mol. The lowest BCUT2D eigenvalue weighted by Gasteiger charge is -2.30. The summed E-state index contributed by atoms with van der Waals surface area (Å²) in [7, 11) is 0. The first-order valence-corrected chi connectivity index (χ1v) is 10.0. The van der Waals surface area contributed by atoms with Gasteiger partial charge >= 0.3 is 5.97 Å². The second-order valence-electron chi connectivity index (χ2n) is 6.65. The number of carbonyl (C=O) groups excluding carboxylic acids is 3. The van der Waals surface area contributed by atoms with Crippen LogP contribution in [0.3, 0.4) is 0 Å². The number of piperidine rings is 1. The summed E-state index contributed by atoms with van der Waals surface area (Å²) in [5, 5.41) is 3.67. The van der Waals surface area contributed by atoms with Gasteiger partial charge in [-0.05, 0) is 24.8 Å². The fourth-order valence-corrected chi connectivity index (χ4v) is 4.37. The minimum atomic E-state index is -0.653. The van der Waals surface area contributed by atoms with Crippen molar-refractivity contribution in [3.63, 3.8) is 0 Å². The molecule has 0 bridgehead atoms. The summed E-state index contributed by atoms with van der Waals surface area (Å²) in [5.41, 5.74) is 0. The smallest absolute Gasteiger partial charge is 0.325 e. The van der Waals surface area contributed by atoms with Crippen molar-refractivity contribution in [2.24, 2.45) is 5.92 Å². The summed E-state index contributed by atoms with van der Waals surface area (Å²) in [6, 6.07) is 7.43. The maximum atomic E-state index is 12.3. The molecule has 0 spiro atoms. The Labute approximate surface area is 166 Å². The quantitative estimate of drug-likeness (QED) is 0.771. The Morgan fingerprint density at radius 2 is 1.96 bits per heavy atom. The maximum Gasteiger partial charge on any atom is 0.325 e. The number of fused-ring (bicyclic) bond motifs is 1. The summed E-state index contributed by atoms with van der Waals surface area (Å²) in [5.74, 6) is -0.671. The topological polar surface area (TPSA) is 75.7 Å². The number of halogens is 1. The number of benzene rings is 1. The van der Waals surface area contributed by atoms with Gasteiger partial charge in [0.05, 0.1) is 5.02 Å². The predicted octanol–water partition coefficient (Wildman–Crippen LogP) is 3.09. The molecule has 1 aliphatic rings. The number of hydrogen-bond acceptors (Lipinski definition) is 5. The molecule has 2 amide bonds. The van der Waals surface area contributed by atoms with Crippen molar-refractivity contribution in [1.82, 2.24) is 10.2 Å². The maximum absolute atomic E-state index is 12.3.